The summed E-state index contributed by atoms with van der Waals surface area (Å²) in [5, 5.41) is 0. The molecule has 0 radical (unpaired) electrons. The molecule has 3 nitrogen and oxygen atoms in total. The maximum Gasteiger partial charge on any atom is 0.338 e. The van der Waals surface area contributed by atoms with Crippen LogP contribution in [0.2, 0.25) is 12.1 Å². The first-order chi connectivity index (χ1) is 9.89. The second-order valence-electron chi connectivity index (χ2n) is 7.18. The Hall–Kier alpha value is 0.0969. The fourth-order valence-electron chi connectivity index (χ4n) is 2.46. The SMILES string of the molecule is CCCCO[Si](CCC)(CCC[N+](C)(C)C)OCCCC. The van der Waals surface area contributed by atoms with Crippen LogP contribution in [0.5, 0.6) is 0 Å². The van der Waals surface area contributed by atoms with Crippen molar-refractivity contribution in [1.82, 2.24) is 0 Å². The molecule has 0 aromatic heterocycles. The maximum atomic E-state index is 6.38. The van der Waals surface area contributed by atoms with E-state index in [1.54, 1.807) is 0 Å². The largest absolute Gasteiger partial charge is 0.394 e. The lowest BCUT2D eigenvalue weighted by molar-refractivity contribution is -0.870. The molecular formula is C17H40NO2Si+. The summed E-state index contributed by atoms with van der Waals surface area (Å²) >= 11 is 0. The van der Waals surface area contributed by atoms with Crippen LogP contribution >= 0.6 is 0 Å². The van der Waals surface area contributed by atoms with E-state index in [9.17, 15) is 0 Å². The zero-order valence-corrected chi connectivity index (χ0v) is 16.5. The van der Waals surface area contributed by atoms with E-state index in [1.807, 2.05) is 0 Å². The maximum absolute atomic E-state index is 6.38. The summed E-state index contributed by atoms with van der Waals surface area (Å²) < 4.78 is 13.8. The summed E-state index contributed by atoms with van der Waals surface area (Å²) in [4.78, 5) is 0. The summed E-state index contributed by atoms with van der Waals surface area (Å²) in [6.45, 7) is 9.68. The zero-order valence-electron chi connectivity index (χ0n) is 15.5. The van der Waals surface area contributed by atoms with Gasteiger partial charge in [0.15, 0.2) is 0 Å². The number of quaternary nitrogens is 1. The third-order valence-corrected chi connectivity index (χ3v) is 7.58. The predicted octanol–water partition coefficient (Wildman–Crippen LogP) is 4.57. The molecule has 0 saturated heterocycles. The highest BCUT2D eigenvalue weighted by molar-refractivity contribution is 6.67. The molecule has 0 bridgehead atoms. The van der Waals surface area contributed by atoms with Gasteiger partial charge in [-0.25, -0.2) is 0 Å². The molecule has 0 aromatic carbocycles. The molecule has 0 aliphatic carbocycles. The molecule has 128 valence electrons. The van der Waals surface area contributed by atoms with Crippen molar-refractivity contribution in [3.63, 3.8) is 0 Å². The van der Waals surface area contributed by atoms with Crippen molar-refractivity contribution in [2.75, 3.05) is 40.9 Å². The molecule has 0 aromatic rings. The van der Waals surface area contributed by atoms with E-state index < -0.39 is 8.56 Å². The highest BCUT2D eigenvalue weighted by Crippen LogP contribution is 2.24. The molecule has 21 heavy (non-hydrogen) atoms. The molecule has 0 fully saturated rings. The van der Waals surface area contributed by atoms with E-state index in [0.29, 0.717) is 0 Å². The van der Waals surface area contributed by atoms with Gasteiger partial charge in [-0.2, -0.15) is 0 Å². The highest BCUT2D eigenvalue weighted by Gasteiger charge is 2.36. The van der Waals surface area contributed by atoms with Gasteiger partial charge in [0.25, 0.3) is 0 Å². The second-order valence-corrected chi connectivity index (χ2v) is 10.6. The molecule has 0 unspecified atom stereocenters. The Morgan fingerprint density at radius 1 is 0.714 bits per heavy atom. The van der Waals surface area contributed by atoms with Crippen LogP contribution in [0, 0.1) is 0 Å². The summed E-state index contributed by atoms with van der Waals surface area (Å²) in [5.41, 5.74) is 0. The van der Waals surface area contributed by atoms with Crippen LogP contribution in [-0.2, 0) is 8.85 Å². The smallest absolute Gasteiger partial charge is 0.338 e. The lowest BCUT2D eigenvalue weighted by atomic mass is 10.4. The van der Waals surface area contributed by atoms with Crippen molar-refractivity contribution in [2.24, 2.45) is 0 Å². The first-order valence-corrected chi connectivity index (χ1v) is 11.2. The van der Waals surface area contributed by atoms with E-state index in [2.05, 4.69) is 41.9 Å². The average molecular weight is 319 g/mol. The van der Waals surface area contributed by atoms with Crippen LogP contribution in [0.25, 0.3) is 0 Å². The number of rotatable bonds is 14. The van der Waals surface area contributed by atoms with E-state index in [-0.39, 0.29) is 0 Å². The Morgan fingerprint density at radius 3 is 1.62 bits per heavy atom. The molecule has 0 spiro atoms. The number of hydrogen-bond acceptors (Lipinski definition) is 2. The third-order valence-electron chi connectivity index (χ3n) is 3.74. The lowest BCUT2D eigenvalue weighted by Crippen LogP contribution is -2.44. The van der Waals surface area contributed by atoms with E-state index in [4.69, 9.17) is 8.85 Å². The minimum Gasteiger partial charge on any atom is -0.394 e. The van der Waals surface area contributed by atoms with E-state index >= 15 is 0 Å². The van der Waals surface area contributed by atoms with Crippen LogP contribution < -0.4 is 0 Å². The zero-order chi connectivity index (χ0) is 16.2. The van der Waals surface area contributed by atoms with Gasteiger partial charge in [-0.15, -0.1) is 0 Å². The summed E-state index contributed by atoms with van der Waals surface area (Å²) in [7, 11) is 4.81. The molecule has 0 rings (SSSR count). The number of unbranched alkanes of at least 4 members (excludes halogenated alkanes) is 2. The highest BCUT2D eigenvalue weighted by atomic mass is 28.4. The molecule has 0 saturated carbocycles. The Kier molecular flexibility index (Phi) is 11.7. The summed E-state index contributed by atoms with van der Waals surface area (Å²) in [6.07, 6.45) is 7.10. The molecule has 0 amide bonds. The predicted molar refractivity (Wildman–Crippen MR) is 94.9 cm³/mol. The third kappa shape index (κ3) is 11.3. The van der Waals surface area contributed by atoms with Gasteiger partial charge in [0.05, 0.1) is 27.7 Å². The quantitative estimate of drug-likeness (QED) is 0.265. The molecule has 0 aliphatic rings. The monoisotopic (exact) mass is 318 g/mol. The van der Waals surface area contributed by atoms with Crippen molar-refractivity contribution in [3.8, 4) is 0 Å². The molecule has 4 heteroatoms. The number of hydrogen-bond donors (Lipinski definition) is 0. The van der Waals surface area contributed by atoms with Crippen molar-refractivity contribution in [1.29, 1.82) is 0 Å². The van der Waals surface area contributed by atoms with Gasteiger partial charge in [-0.3, -0.25) is 0 Å². The topological polar surface area (TPSA) is 18.5 Å². The second kappa shape index (κ2) is 11.6. The summed E-state index contributed by atoms with van der Waals surface area (Å²) in [5.74, 6) is 0. The molecule has 0 atom stereocenters. The fourth-order valence-corrected chi connectivity index (χ4v) is 5.87. The van der Waals surface area contributed by atoms with Crippen LogP contribution in [0.15, 0.2) is 0 Å². The van der Waals surface area contributed by atoms with E-state index in [1.165, 1.54) is 32.2 Å². The lowest BCUT2D eigenvalue weighted by Gasteiger charge is -2.32. The van der Waals surface area contributed by atoms with Gasteiger partial charge in [0, 0.05) is 13.2 Å². The normalized spacial score (nSPS) is 12.9. The van der Waals surface area contributed by atoms with Crippen LogP contribution in [0.4, 0.5) is 0 Å². The minimum absolute atomic E-state index is 0.888. The Labute approximate surface area is 134 Å². The van der Waals surface area contributed by atoms with E-state index in [0.717, 1.165) is 42.6 Å². The van der Waals surface area contributed by atoms with Gasteiger partial charge >= 0.3 is 8.56 Å². The van der Waals surface area contributed by atoms with Gasteiger partial charge < -0.3 is 13.3 Å². The minimum atomic E-state index is -1.98. The number of nitrogens with zero attached hydrogens (tertiary/aromatic N) is 1. The van der Waals surface area contributed by atoms with Gasteiger partial charge in [-0.05, 0) is 31.4 Å². The van der Waals surface area contributed by atoms with Gasteiger partial charge in [0.1, 0.15) is 0 Å². The van der Waals surface area contributed by atoms with Gasteiger partial charge in [0.2, 0.25) is 0 Å². The molecular weight excluding hydrogens is 278 g/mol. The van der Waals surface area contributed by atoms with Crippen molar-refractivity contribution in [2.45, 2.75) is 71.4 Å². The van der Waals surface area contributed by atoms with Crippen LogP contribution in [-0.4, -0.2) is 53.9 Å². The van der Waals surface area contributed by atoms with Crippen molar-refractivity contribution < 1.29 is 13.3 Å². The first-order valence-electron chi connectivity index (χ1n) is 8.97. The Balaban J connectivity index is 4.55. The Bertz CT molecular complexity index is 231. The van der Waals surface area contributed by atoms with Crippen LogP contribution in [0.3, 0.4) is 0 Å². The van der Waals surface area contributed by atoms with Gasteiger partial charge in [-0.1, -0.05) is 40.0 Å². The molecule has 0 heterocycles. The molecule has 0 aliphatic heterocycles. The fraction of sp³-hybridized carbons (Fsp3) is 1.00. The van der Waals surface area contributed by atoms with Crippen molar-refractivity contribution in [3.05, 3.63) is 0 Å². The molecule has 0 N–H and O–H groups in total. The Morgan fingerprint density at radius 2 is 1.24 bits per heavy atom. The van der Waals surface area contributed by atoms with Crippen molar-refractivity contribution >= 4 is 8.56 Å². The van der Waals surface area contributed by atoms with Crippen LogP contribution in [0.1, 0.15) is 59.3 Å². The summed E-state index contributed by atoms with van der Waals surface area (Å²) in [6, 6.07) is 2.31. The average Bonchev–Trinajstić information content (AvgIpc) is 2.38. The standard InChI is InChI=1S/C17H40NO2Si/c1-7-10-14-19-21(16-9-3,20-15-11-8-2)17-12-13-18(4,5)6/h7-17H2,1-6H3/q+1. The first kappa shape index (κ1) is 21.1.